The Morgan fingerprint density at radius 1 is 0.794 bits per heavy atom. The molecule has 10 unspecified atom stereocenters. The molecule has 34 heavy (non-hydrogen) atoms. The van der Waals surface area contributed by atoms with Gasteiger partial charge in [-0.2, -0.15) is 0 Å². The predicted molar refractivity (Wildman–Crippen MR) is 129 cm³/mol. The normalized spacial score (nSPS) is 49.5. The fourth-order valence-corrected chi connectivity index (χ4v) is 10.6. The van der Waals surface area contributed by atoms with E-state index in [2.05, 4.69) is 48.6 Å². The van der Waals surface area contributed by atoms with Crippen molar-refractivity contribution in [2.75, 3.05) is 0 Å². The molecule has 4 bridgehead atoms. The lowest BCUT2D eigenvalue weighted by Crippen LogP contribution is -2.72. The predicted octanol–water partition coefficient (Wildman–Crippen LogP) is 5.80. The molecule has 0 aromatic heterocycles. The fourth-order valence-electron chi connectivity index (χ4n) is 10.6. The first-order chi connectivity index (χ1) is 16.6. The van der Waals surface area contributed by atoms with Gasteiger partial charge in [0.05, 0.1) is 10.8 Å². The SMILES string of the molecule is O=C(O)C12C3=C(CCC=C3)C(C3C=CCCC31)C1(C(=O)O)C3C=CCCC3C2C2C=CCCC21. The van der Waals surface area contributed by atoms with Crippen LogP contribution >= 0.6 is 0 Å². The molecular formula is C30H34O4. The van der Waals surface area contributed by atoms with Crippen LogP contribution in [0.15, 0.2) is 59.8 Å². The number of carboxylic acid groups (broad SMARTS) is 2. The Bertz CT molecular complexity index is 1110. The van der Waals surface area contributed by atoms with Crippen molar-refractivity contribution in [1.29, 1.82) is 0 Å². The highest BCUT2D eigenvalue weighted by molar-refractivity contribution is 5.85. The molecule has 3 saturated carbocycles. The second-order valence-electron chi connectivity index (χ2n) is 11.9. The average molecular weight is 459 g/mol. The lowest BCUT2D eigenvalue weighted by atomic mass is 9.30. The van der Waals surface area contributed by atoms with E-state index in [1.165, 1.54) is 5.57 Å². The first kappa shape index (κ1) is 21.0. The second kappa shape index (κ2) is 7.08. The van der Waals surface area contributed by atoms with Gasteiger partial charge in [-0.25, -0.2) is 0 Å². The van der Waals surface area contributed by atoms with Crippen LogP contribution in [-0.4, -0.2) is 22.2 Å². The number of aliphatic carboxylic acids is 2. The molecule has 0 saturated heterocycles. The molecule has 4 heteroatoms. The number of hydrogen-bond donors (Lipinski definition) is 2. The maximum Gasteiger partial charge on any atom is 0.314 e. The van der Waals surface area contributed by atoms with Gasteiger partial charge in [0, 0.05) is 5.92 Å². The van der Waals surface area contributed by atoms with Crippen LogP contribution < -0.4 is 0 Å². The summed E-state index contributed by atoms with van der Waals surface area (Å²) in [5.74, 6) is -1.47. The molecule has 0 aromatic carbocycles. The monoisotopic (exact) mass is 458 g/mol. The second-order valence-corrected chi connectivity index (χ2v) is 11.9. The standard InChI is InChI=1S/C30H34O4/c31-27(32)29-21-13-5-1-9-17(21)25(18-10-2-6-14-22(18)29)30(28(33)34)23-15-7-3-11-19(23)26(29)20-12-4-8-16-24(20)30/h1,3,6,8-9,11,14,16-19,21-23,25-26H,2,4-5,7,10,12-13,15H2,(H,31,32)(H,33,34). The molecule has 10 aliphatic rings. The van der Waals surface area contributed by atoms with Gasteiger partial charge in [0.15, 0.2) is 0 Å². The third-order valence-electron chi connectivity index (χ3n) is 11.2. The van der Waals surface area contributed by atoms with Crippen LogP contribution in [0.1, 0.15) is 51.4 Å². The topological polar surface area (TPSA) is 74.6 Å². The summed E-state index contributed by atoms with van der Waals surface area (Å²) in [4.78, 5) is 27.6. The maximum atomic E-state index is 13.8. The van der Waals surface area contributed by atoms with Gasteiger partial charge in [-0.15, -0.1) is 0 Å². The smallest absolute Gasteiger partial charge is 0.314 e. The summed E-state index contributed by atoms with van der Waals surface area (Å²) in [5.41, 5.74) is 0.390. The summed E-state index contributed by atoms with van der Waals surface area (Å²) in [6, 6.07) is 0. The van der Waals surface area contributed by atoms with E-state index >= 15 is 0 Å². The van der Waals surface area contributed by atoms with Crippen LogP contribution in [0.2, 0.25) is 0 Å². The van der Waals surface area contributed by atoms with E-state index in [9.17, 15) is 19.8 Å². The van der Waals surface area contributed by atoms with Gasteiger partial charge in [-0.1, -0.05) is 54.2 Å². The third-order valence-corrected chi connectivity index (χ3v) is 11.2. The Balaban J connectivity index is 1.67. The average Bonchev–Trinajstić information content (AvgIpc) is 2.84. The quantitative estimate of drug-likeness (QED) is 0.513. The molecule has 0 aliphatic heterocycles. The molecule has 0 amide bonds. The number of hydrogen-bond acceptors (Lipinski definition) is 2. The molecule has 0 spiro atoms. The molecule has 10 aliphatic carbocycles. The minimum absolute atomic E-state index is 0.00293. The summed E-state index contributed by atoms with van der Waals surface area (Å²) in [6.45, 7) is 0. The van der Waals surface area contributed by atoms with Gasteiger partial charge < -0.3 is 10.2 Å². The lowest BCUT2D eigenvalue weighted by molar-refractivity contribution is -0.217. The zero-order valence-electron chi connectivity index (χ0n) is 19.6. The molecule has 0 radical (unpaired) electrons. The highest BCUT2D eigenvalue weighted by Gasteiger charge is 2.77. The maximum absolute atomic E-state index is 13.8. The van der Waals surface area contributed by atoms with Gasteiger partial charge in [0.1, 0.15) is 0 Å². The number of rotatable bonds is 2. The van der Waals surface area contributed by atoms with Crippen LogP contribution in [0, 0.1) is 58.2 Å². The van der Waals surface area contributed by atoms with Crippen molar-refractivity contribution in [3.63, 3.8) is 0 Å². The van der Waals surface area contributed by atoms with Gasteiger partial charge in [-0.3, -0.25) is 9.59 Å². The zero-order chi connectivity index (χ0) is 23.2. The van der Waals surface area contributed by atoms with Crippen LogP contribution in [0.3, 0.4) is 0 Å². The van der Waals surface area contributed by atoms with E-state index < -0.39 is 22.8 Å². The van der Waals surface area contributed by atoms with Crippen molar-refractivity contribution in [2.45, 2.75) is 51.4 Å². The number of carbonyl (C=O) groups is 2. The Kier molecular flexibility index (Phi) is 4.37. The summed E-state index contributed by atoms with van der Waals surface area (Å²) < 4.78 is 0. The van der Waals surface area contributed by atoms with Crippen LogP contribution in [0.5, 0.6) is 0 Å². The zero-order valence-corrected chi connectivity index (χ0v) is 19.6. The van der Waals surface area contributed by atoms with Crippen LogP contribution in [-0.2, 0) is 9.59 Å². The van der Waals surface area contributed by atoms with E-state index in [0.717, 1.165) is 56.9 Å². The summed E-state index contributed by atoms with van der Waals surface area (Å²) in [5, 5.41) is 22.7. The van der Waals surface area contributed by atoms with Crippen molar-refractivity contribution in [3.05, 3.63) is 59.8 Å². The Morgan fingerprint density at radius 3 is 2.26 bits per heavy atom. The highest BCUT2D eigenvalue weighted by Crippen LogP contribution is 2.76. The van der Waals surface area contributed by atoms with Crippen LogP contribution in [0.4, 0.5) is 0 Å². The third kappa shape index (κ3) is 2.18. The molecule has 0 aromatic rings. The Labute approximate surface area is 201 Å². The molecule has 0 heterocycles. The minimum Gasteiger partial charge on any atom is -0.481 e. The fraction of sp³-hybridized carbons (Fsp3) is 0.600. The number of allylic oxidation sites excluding steroid dienone is 9. The van der Waals surface area contributed by atoms with Gasteiger partial charge in [0.2, 0.25) is 0 Å². The lowest BCUT2D eigenvalue weighted by Gasteiger charge is -2.71. The summed E-state index contributed by atoms with van der Waals surface area (Å²) in [6.07, 6.45) is 24.6. The van der Waals surface area contributed by atoms with Gasteiger partial charge >= 0.3 is 11.9 Å². The molecule has 178 valence electrons. The molecule has 4 nitrogen and oxygen atoms in total. The van der Waals surface area contributed by atoms with Crippen LogP contribution in [0.25, 0.3) is 0 Å². The first-order valence-corrected chi connectivity index (χ1v) is 13.4. The molecular weight excluding hydrogens is 424 g/mol. The van der Waals surface area contributed by atoms with E-state index in [-0.39, 0.29) is 47.3 Å². The van der Waals surface area contributed by atoms with E-state index in [0.29, 0.717) is 0 Å². The van der Waals surface area contributed by atoms with Crippen molar-refractivity contribution in [1.82, 2.24) is 0 Å². The van der Waals surface area contributed by atoms with Crippen molar-refractivity contribution in [2.24, 2.45) is 58.2 Å². The van der Waals surface area contributed by atoms with Crippen molar-refractivity contribution in [3.8, 4) is 0 Å². The highest BCUT2D eigenvalue weighted by atomic mass is 16.4. The van der Waals surface area contributed by atoms with Gasteiger partial charge in [0.25, 0.3) is 0 Å². The Morgan fingerprint density at radius 2 is 1.50 bits per heavy atom. The summed E-state index contributed by atoms with van der Waals surface area (Å²) in [7, 11) is 0. The number of carboxylic acids is 2. The van der Waals surface area contributed by atoms with E-state index in [1.807, 2.05) is 0 Å². The van der Waals surface area contributed by atoms with Crippen molar-refractivity contribution < 1.29 is 19.8 Å². The largest absolute Gasteiger partial charge is 0.481 e. The molecule has 10 rings (SSSR count). The van der Waals surface area contributed by atoms with Crippen molar-refractivity contribution >= 4 is 11.9 Å². The molecule has 10 atom stereocenters. The Hall–Kier alpha value is -2.36. The minimum atomic E-state index is -0.929. The van der Waals surface area contributed by atoms with Gasteiger partial charge in [-0.05, 0) is 98.4 Å². The molecule has 3 fully saturated rings. The van der Waals surface area contributed by atoms with E-state index in [1.54, 1.807) is 0 Å². The molecule has 2 N–H and O–H groups in total. The first-order valence-electron chi connectivity index (χ1n) is 13.4. The van der Waals surface area contributed by atoms with E-state index in [4.69, 9.17) is 0 Å². The summed E-state index contributed by atoms with van der Waals surface area (Å²) >= 11 is 0.